The van der Waals surface area contributed by atoms with E-state index in [9.17, 15) is 18.8 Å². The summed E-state index contributed by atoms with van der Waals surface area (Å²) in [6.07, 6.45) is 2.03. The van der Waals surface area contributed by atoms with E-state index in [1.807, 2.05) is 50.2 Å². The molecule has 1 heterocycles. The summed E-state index contributed by atoms with van der Waals surface area (Å²) < 4.78 is 19.3. The molecule has 5 rings (SSSR count). The van der Waals surface area contributed by atoms with Crippen LogP contribution in [0.15, 0.2) is 106 Å². The maximum Gasteiger partial charge on any atom is 0.254 e. The third-order valence-corrected chi connectivity index (χ3v) is 7.44. The van der Waals surface area contributed by atoms with Gasteiger partial charge in [0.05, 0.1) is 23.8 Å². The van der Waals surface area contributed by atoms with Gasteiger partial charge in [0.1, 0.15) is 17.9 Å². The summed E-state index contributed by atoms with van der Waals surface area (Å²) in [6.45, 7) is 3.80. The van der Waals surface area contributed by atoms with Gasteiger partial charge in [0.25, 0.3) is 5.91 Å². The monoisotopic (exact) mass is 550 g/mol. The van der Waals surface area contributed by atoms with Crippen molar-refractivity contribution in [1.82, 2.24) is 9.80 Å². The zero-order chi connectivity index (χ0) is 28.9. The van der Waals surface area contributed by atoms with E-state index in [0.29, 0.717) is 34.1 Å². The minimum atomic E-state index is -0.384. The predicted molar refractivity (Wildman–Crippen MR) is 158 cm³/mol. The number of carbonyl (C=O) groups is 2. The lowest BCUT2D eigenvalue weighted by Gasteiger charge is -2.31. The molecule has 0 bridgehead atoms. The van der Waals surface area contributed by atoms with Gasteiger partial charge in [-0.1, -0.05) is 61.5 Å². The fraction of sp³-hybridized carbons (Fsp3) is 0.206. The molecule has 0 saturated heterocycles. The molecule has 208 valence electrons. The molecule has 0 radical (unpaired) electrons. The van der Waals surface area contributed by atoms with Gasteiger partial charge >= 0.3 is 0 Å². The summed E-state index contributed by atoms with van der Waals surface area (Å²) in [5, 5.41) is 2.39. The van der Waals surface area contributed by atoms with E-state index in [0.717, 1.165) is 10.8 Å². The van der Waals surface area contributed by atoms with Crippen molar-refractivity contribution in [2.45, 2.75) is 39.4 Å². The Hall–Kier alpha value is -4.78. The van der Waals surface area contributed by atoms with E-state index in [4.69, 9.17) is 4.42 Å². The number of para-hydroxylation sites is 1. The average Bonchev–Trinajstić information content (AvgIpc) is 3.00. The van der Waals surface area contributed by atoms with Gasteiger partial charge in [-0.3, -0.25) is 14.4 Å². The zero-order valence-electron chi connectivity index (χ0n) is 23.0. The molecule has 6 nitrogen and oxygen atoms in total. The first-order valence-electron chi connectivity index (χ1n) is 13.7. The van der Waals surface area contributed by atoms with E-state index < -0.39 is 0 Å². The second kappa shape index (κ2) is 12.2. The lowest BCUT2D eigenvalue weighted by molar-refractivity contribution is -0.133. The Labute approximate surface area is 237 Å². The van der Waals surface area contributed by atoms with Gasteiger partial charge in [-0.15, -0.1) is 0 Å². The Bertz CT molecular complexity index is 1760. The van der Waals surface area contributed by atoms with Crippen LogP contribution in [0.25, 0.3) is 21.7 Å². The third kappa shape index (κ3) is 6.19. The first kappa shape index (κ1) is 27.8. The van der Waals surface area contributed by atoms with Crippen molar-refractivity contribution < 1.29 is 18.4 Å². The summed E-state index contributed by atoms with van der Waals surface area (Å²) in [5.41, 5.74) is 1.74. The molecule has 41 heavy (non-hydrogen) atoms. The molecular weight excluding hydrogens is 519 g/mol. The number of benzene rings is 4. The average molecular weight is 551 g/mol. The number of amides is 2. The van der Waals surface area contributed by atoms with Crippen LogP contribution in [0.5, 0.6) is 0 Å². The highest BCUT2D eigenvalue weighted by molar-refractivity contribution is 6.00. The number of hydrogen-bond acceptors (Lipinski definition) is 4. The van der Waals surface area contributed by atoms with Crippen LogP contribution in [0.2, 0.25) is 0 Å². The van der Waals surface area contributed by atoms with Gasteiger partial charge < -0.3 is 14.2 Å². The summed E-state index contributed by atoms with van der Waals surface area (Å²) in [6, 6.07) is 25.9. The van der Waals surface area contributed by atoms with Crippen LogP contribution in [0.4, 0.5) is 4.39 Å². The summed E-state index contributed by atoms with van der Waals surface area (Å²) >= 11 is 0. The minimum absolute atomic E-state index is 0.0259. The summed E-state index contributed by atoms with van der Waals surface area (Å²) in [5.74, 6) is -0.965. The molecule has 0 N–H and O–H groups in total. The number of fused-ring (bicyclic) bond motifs is 2. The van der Waals surface area contributed by atoms with Crippen LogP contribution in [0.3, 0.4) is 0 Å². The molecule has 0 saturated carbocycles. The largest absolute Gasteiger partial charge is 0.464 e. The van der Waals surface area contributed by atoms with E-state index in [2.05, 4.69) is 0 Å². The Balaban J connectivity index is 1.46. The van der Waals surface area contributed by atoms with E-state index >= 15 is 0 Å². The molecule has 7 heteroatoms. The van der Waals surface area contributed by atoms with Gasteiger partial charge in [0.15, 0.2) is 5.43 Å². The molecule has 4 aromatic carbocycles. The van der Waals surface area contributed by atoms with Crippen molar-refractivity contribution in [2.75, 3.05) is 6.54 Å². The Morgan fingerprint density at radius 1 is 0.878 bits per heavy atom. The molecule has 0 aliphatic carbocycles. The first-order chi connectivity index (χ1) is 19.8. The van der Waals surface area contributed by atoms with Gasteiger partial charge in [-0.25, -0.2) is 4.39 Å². The van der Waals surface area contributed by atoms with E-state index in [1.54, 1.807) is 47.4 Å². The van der Waals surface area contributed by atoms with Gasteiger partial charge in [-0.2, -0.15) is 0 Å². The Morgan fingerprint density at radius 2 is 1.59 bits per heavy atom. The maximum atomic E-state index is 13.9. The van der Waals surface area contributed by atoms with Crippen LogP contribution in [0, 0.1) is 5.82 Å². The number of halogens is 1. The van der Waals surface area contributed by atoms with Crippen LogP contribution < -0.4 is 5.43 Å². The number of nitrogens with zero attached hydrogens (tertiary/aromatic N) is 2. The third-order valence-electron chi connectivity index (χ3n) is 7.44. The second-order valence-electron chi connectivity index (χ2n) is 10.2. The summed E-state index contributed by atoms with van der Waals surface area (Å²) in [7, 11) is 0. The van der Waals surface area contributed by atoms with Gasteiger partial charge in [-0.05, 0) is 66.1 Å². The molecule has 2 amide bonds. The Morgan fingerprint density at radius 3 is 2.34 bits per heavy atom. The van der Waals surface area contributed by atoms with E-state index in [-0.39, 0.29) is 48.7 Å². The summed E-state index contributed by atoms with van der Waals surface area (Å²) in [4.78, 5) is 44.0. The lowest BCUT2D eigenvalue weighted by atomic mass is 10.1. The number of rotatable bonds is 9. The van der Waals surface area contributed by atoms with Crippen molar-refractivity contribution in [3.05, 3.63) is 130 Å². The SMILES string of the molecule is CC[C@@H](C)N(CC(=O)N(Cc1ccc(F)cc1)Cc1coc2ccccc2c1=O)C(=O)c1ccc2ccccc2c1. The van der Waals surface area contributed by atoms with Crippen LogP contribution >= 0.6 is 0 Å². The fourth-order valence-electron chi connectivity index (χ4n) is 4.86. The molecule has 1 atom stereocenters. The normalized spacial score (nSPS) is 11.9. The van der Waals surface area contributed by atoms with Gasteiger partial charge in [0, 0.05) is 18.2 Å². The maximum absolute atomic E-state index is 13.9. The fourth-order valence-corrected chi connectivity index (χ4v) is 4.86. The van der Waals surface area contributed by atoms with Crippen LogP contribution in [0.1, 0.15) is 41.8 Å². The van der Waals surface area contributed by atoms with Crippen molar-refractivity contribution >= 4 is 33.6 Å². The van der Waals surface area contributed by atoms with Crippen molar-refractivity contribution in [3.8, 4) is 0 Å². The molecule has 0 aliphatic heterocycles. The van der Waals surface area contributed by atoms with Gasteiger partial charge in [0.2, 0.25) is 5.91 Å². The standard InChI is InChI=1S/C34H31FN2O4/c1-3-23(2)37(34(40)27-15-14-25-8-4-5-9-26(25)18-27)21-32(38)36(19-24-12-16-29(35)17-13-24)20-28-22-41-31-11-7-6-10-30(31)33(28)39/h4-18,22-23H,3,19-21H2,1-2H3/t23-/m1/s1. The number of carbonyl (C=O) groups excluding carboxylic acids is 2. The Kier molecular flexibility index (Phi) is 8.24. The highest BCUT2D eigenvalue weighted by atomic mass is 19.1. The topological polar surface area (TPSA) is 70.8 Å². The second-order valence-corrected chi connectivity index (χ2v) is 10.2. The van der Waals surface area contributed by atoms with Crippen molar-refractivity contribution in [2.24, 2.45) is 0 Å². The minimum Gasteiger partial charge on any atom is -0.464 e. The predicted octanol–water partition coefficient (Wildman–Crippen LogP) is 6.56. The lowest BCUT2D eigenvalue weighted by Crippen LogP contribution is -2.46. The molecule has 0 unspecified atom stereocenters. The van der Waals surface area contributed by atoms with Crippen molar-refractivity contribution in [1.29, 1.82) is 0 Å². The zero-order valence-corrected chi connectivity index (χ0v) is 23.0. The smallest absolute Gasteiger partial charge is 0.254 e. The van der Waals surface area contributed by atoms with Crippen LogP contribution in [-0.4, -0.2) is 34.2 Å². The van der Waals surface area contributed by atoms with Crippen LogP contribution in [-0.2, 0) is 17.9 Å². The highest BCUT2D eigenvalue weighted by Gasteiger charge is 2.27. The highest BCUT2D eigenvalue weighted by Crippen LogP contribution is 2.20. The molecule has 5 aromatic rings. The molecule has 0 spiro atoms. The molecule has 0 aliphatic rings. The number of hydrogen-bond donors (Lipinski definition) is 0. The van der Waals surface area contributed by atoms with Crippen molar-refractivity contribution in [3.63, 3.8) is 0 Å². The molecule has 1 aromatic heterocycles. The van der Waals surface area contributed by atoms with E-state index in [1.165, 1.54) is 23.3 Å². The first-order valence-corrected chi connectivity index (χ1v) is 13.7. The molecular formula is C34H31FN2O4. The molecule has 0 fully saturated rings. The quantitative estimate of drug-likeness (QED) is 0.209.